The van der Waals surface area contributed by atoms with Gasteiger partial charge < -0.3 is 20.0 Å². The SMILES string of the molecule is COCC(=O)[C@@]1(C#CCO)CC[C@H]2[C@@H]3CC(F)C4=CC(=NO)CCC4=C3[C@@H](c3ccc(N4CCCCC4)cc3)C[C@@]21C. The van der Waals surface area contributed by atoms with E-state index >= 15 is 4.39 Å². The molecule has 0 amide bonds. The largest absolute Gasteiger partial charge is 0.411 e. The van der Waals surface area contributed by atoms with Crippen LogP contribution in [0.25, 0.3) is 0 Å². The number of Topliss-reactive ketones (excluding diaryl/α,β-unsaturated/α-hetero) is 1. The average molecular weight is 575 g/mol. The van der Waals surface area contributed by atoms with Crippen molar-refractivity contribution >= 4 is 17.2 Å². The van der Waals surface area contributed by atoms with E-state index in [1.807, 2.05) is 0 Å². The number of piperidine rings is 1. The number of fused-ring (bicyclic) bond motifs is 4. The van der Waals surface area contributed by atoms with Gasteiger partial charge >= 0.3 is 0 Å². The van der Waals surface area contributed by atoms with Crippen LogP contribution in [0.2, 0.25) is 0 Å². The van der Waals surface area contributed by atoms with Crippen LogP contribution in [-0.4, -0.2) is 61.4 Å². The number of hydrogen-bond acceptors (Lipinski definition) is 6. The topological polar surface area (TPSA) is 82.4 Å². The number of rotatable bonds is 5. The lowest BCUT2D eigenvalue weighted by Crippen LogP contribution is -2.52. The summed E-state index contributed by atoms with van der Waals surface area (Å²) in [7, 11) is 1.53. The molecule has 42 heavy (non-hydrogen) atoms. The highest BCUT2D eigenvalue weighted by Crippen LogP contribution is 2.69. The molecule has 0 radical (unpaired) electrons. The molecule has 224 valence electrons. The van der Waals surface area contributed by atoms with Gasteiger partial charge in [0.1, 0.15) is 19.4 Å². The Morgan fingerprint density at radius 3 is 2.64 bits per heavy atom. The molecule has 1 saturated heterocycles. The van der Waals surface area contributed by atoms with E-state index in [0.717, 1.165) is 31.5 Å². The summed E-state index contributed by atoms with van der Waals surface area (Å²) >= 11 is 0. The van der Waals surface area contributed by atoms with E-state index in [1.165, 1.54) is 43.2 Å². The van der Waals surface area contributed by atoms with Crippen LogP contribution < -0.4 is 4.90 Å². The van der Waals surface area contributed by atoms with Gasteiger partial charge in [-0.15, -0.1) is 0 Å². The average Bonchev–Trinajstić information content (AvgIpc) is 3.33. The number of ketones is 1. The zero-order chi connectivity index (χ0) is 29.5. The molecule has 2 N–H and O–H groups in total. The van der Waals surface area contributed by atoms with Gasteiger partial charge in [0, 0.05) is 31.8 Å². The van der Waals surface area contributed by atoms with Crippen LogP contribution in [0.5, 0.6) is 0 Å². The molecule has 5 aliphatic rings. The maximum Gasteiger partial charge on any atom is 0.176 e. The highest BCUT2D eigenvalue weighted by Gasteiger charge is 2.66. The predicted molar refractivity (Wildman–Crippen MR) is 161 cm³/mol. The Bertz CT molecular complexity index is 1370. The van der Waals surface area contributed by atoms with Crippen molar-refractivity contribution in [3.05, 3.63) is 52.6 Å². The van der Waals surface area contributed by atoms with Crippen molar-refractivity contribution < 1.29 is 24.2 Å². The van der Waals surface area contributed by atoms with Crippen LogP contribution in [0.4, 0.5) is 10.1 Å². The number of benzene rings is 1. The number of nitrogens with zero attached hydrogens (tertiary/aromatic N) is 2. The number of carbonyl (C=O) groups excluding carboxylic acids is 1. The third kappa shape index (κ3) is 4.62. The molecule has 1 aromatic carbocycles. The molecule has 4 aliphatic carbocycles. The minimum Gasteiger partial charge on any atom is -0.411 e. The van der Waals surface area contributed by atoms with Gasteiger partial charge in [0.15, 0.2) is 5.78 Å². The van der Waals surface area contributed by atoms with Crippen LogP contribution in [0, 0.1) is 34.5 Å². The van der Waals surface area contributed by atoms with Crippen LogP contribution in [-0.2, 0) is 9.53 Å². The van der Waals surface area contributed by atoms with E-state index in [2.05, 4.69) is 53.1 Å². The predicted octanol–water partition coefficient (Wildman–Crippen LogP) is 5.98. The van der Waals surface area contributed by atoms with E-state index < -0.39 is 17.0 Å². The number of methoxy groups -OCH3 is 1. The second-order valence-corrected chi connectivity index (χ2v) is 13.1. The Morgan fingerprint density at radius 2 is 1.95 bits per heavy atom. The molecule has 2 saturated carbocycles. The minimum absolute atomic E-state index is 0.00826. The molecular weight excluding hydrogens is 531 g/mol. The molecule has 6 rings (SSSR count). The van der Waals surface area contributed by atoms with E-state index in [0.29, 0.717) is 37.0 Å². The Hall–Kier alpha value is -2.95. The summed E-state index contributed by atoms with van der Waals surface area (Å²) in [4.78, 5) is 16.3. The van der Waals surface area contributed by atoms with Crippen molar-refractivity contribution in [2.75, 3.05) is 38.3 Å². The molecule has 6 atom stereocenters. The lowest BCUT2D eigenvalue weighted by molar-refractivity contribution is -0.136. The summed E-state index contributed by atoms with van der Waals surface area (Å²) in [5, 5.41) is 22.6. The van der Waals surface area contributed by atoms with Crippen LogP contribution in [0.15, 0.2) is 52.2 Å². The second-order valence-electron chi connectivity index (χ2n) is 13.1. The summed E-state index contributed by atoms with van der Waals surface area (Å²) in [6.45, 7) is 4.01. The van der Waals surface area contributed by atoms with Gasteiger partial charge in [-0.05, 0) is 110 Å². The van der Waals surface area contributed by atoms with Gasteiger partial charge in [-0.1, -0.05) is 41.6 Å². The van der Waals surface area contributed by atoms with Crippen molar-refractivity contribution in [3.8, 4) is 11.8 Å². The normalized spacial score (nSPS) is 35.1. The van der Waals surface area contributed by atoms with Crippen LogP contribution >= 0.6 is 0 Å². The number of allylic oxidation sites excluding steroid dienone is 4. The van der Waals surface area contributed by atoms with E-state index in [9.17, 15) is 15.1 Å². The lowest BCUT2D eigenvalue weighted by atomic mass is 9.48. The number of aliphatic hydroxyl groups is 1. The first-order chi connectivity index (χ1) is 20.4. The Kier molecular flexibility index (Phi) is 8.06. The maximum absolute atomic E-state index is 16.1. The number of anilines is 1. The summed E-state index contributed by atoms with van der Waals surface area (Å²) in [6.07, 6.45) is 8.00. The number of aliphatic hydroxyl groups excluding tert-OH is 1. The molecule has 3 fully saturated rings. The minimum atomic E-state index is -1.15. The zero-order valence-corrected chi connectivity index (χ0v) is 24.9. The van der Waals surface area contributed by atoms with Gasteiger partial charge in [-0.3, -0.25) is 4.79 Å². The van der Waals surface area contributed by atoms with Gasteiger partial charge in [0.05, 0.1) is 11.1 Å². The molecular formula is C35H43FN2O4. The number of halogens is 1. The number of hydrogen-bond donors (Lipinski definition) is 2. The molecule has 1 heterocycles. The molecule has 0 spiro atoms. The maximum atomic E-state index is 16.1. The van der Waals surface area contributed by atoms with Crippen molar-refractivity contribution in [2.24, 2.45) is 27.8 Å². The molecule has 7 heteroatoms. The number of carbonyl (C=O) groups is 1. The van der Waals surface area contributed by atoms with Crippen LogP contribution in [0.3, 0.4) is 0 Å². The van der Waals surface area contributed by atoms with Crippen LogP contribution in [0.1, 0.15) is 76.2 Å². The highest BCUT2D eigenvalue weighted by atomic mass is 19.1. The fourth-order valence-electron chi connectivity index (χ4n) is 9.30. The summed E-state index contributed by atoms with van der Waals surface area (Å²) in [5.41, 5.74) is 4.55. The van der Waals surface area contributed by atoms with Crippen molar-refractivity contribution in [2.45, 2.75) is 76.8 Å². The second kappa shape index (κ2) is 11.6. The fourth-order valence-corrected chi connectivity index (χ4v) is 9.30. The Labute approximate surface area is 248 Å². The van der Waals surface area contributed by atoms with Gasteiger partial charge in [-0.25, -0.2) is 4.39 Å². The zero-order valence-electron chi connectivity index (χ0n) is 24.9. The van der Waals surface area contributed by atoms with E-state index in [4.69, 9.17) is 4.74 Å². The third-order valence-electron chi connectivity index (χ3n) is 11.2. The Morgan fingerprint density at radius 1 is 1.19 bits per heavy atom. The van der Waals surface area contributed by atoms with Crippen molar-refractivity contribution in [1.29, 1.82) is 0 Å². The lowest BCUT2D eigenvalue weighted by Gasteiger charge is -2.55. The molecule has 1 unspecified atom stereocenters. The van der Waals surface area contributed by atoms with E-state index in [1.54, 1.807) is 6.08 Å². The third-order valence-corrected chi connectivity index (χ3v) is 11.2. The summed E-state index contributed by atoms with van der Waals surface area (Å²) in [6, 6.07) is 8.94. The first kappa shape index (κ1) is 29.1. The molecule has 1 aliphatic heterocycles. The van der Waals surface area contributed by atoms with Crippen molar-refractivity contribution in [3.63, 3.8) is 0 Å². The fraction of sp³-hybridized carbons (Fsp3) is 0.600. The first-order valence-corrected chi connectivity index (χ1v) is 15.6. The summed E-state index contributed by atoms with van der Waals surface area (Å²) in [5.74, 6) is 6.17. The van der Waals surface area contributed by atoms with Gasteiger partial charge in [-0.2, -0.15) is 0 Å². The molecule has 0 bridgehead atoms. The van der Waals surface area contributed by atoms with Crippen molar-refractivity contribution in [1.82, 2.24) is 0 Å². The monoisotopic (exact) mass is 574 g/mol. The number of ether oxygens (including phenoxy) is 1. The van der Waals surface area contributed by atoms with Gasteiger partial charge in [0.2, 0.25) is 0 Å². The highest BCUT2D eigenvalue weighted by molar-refractivity contribution is 5.97. The molecule has 6 nitrogen and oxygen atoms in total. The molecule has 0 aromatic heterocycles. The van der Waals surface area contributed by atoms with E-state index in [-0.39, 0.29) is 36.8 Å². The van der Waals surface area contributed by atoms with Gasteiger partial charge in [0.25, 0.3) is 0 Å². The molecule has 1 aromatic rings. The quantitative estimate of drug-likeness (QED) is 0.257. The Balaban J connectivity index is 1.49. The smallest absolute Gasteiger partial charge is 0.176 e. The summed E-state index contributed by atoms with van der Waals surface area (Å²) < 4.78 is 21.4. The standard InChI is InChI=1S/C35H43FN2O4/c1-34-21-29(23-7-10-25(11-8-23)38-16-4-3-5-17-38)33-26-12-9-24(37-41)19-27(26)31(36)20-28(33)30(34)13-15-35(34,14-6-18-39)32(40)22-42-2/h7-8,10-11,19,28-31,39,41H,3-5,9,12-13,15-18,20-22H2,1-2H3/t28-,29+,30-,31?,34-,35+/m0/s1. The first-order valence-electron chi connectivity index (χ1n) is 15.6. The number of alkyl halides is 1. The number of oxime groups is 1.